The number of hydrogen-bond donors (Lipinski definition) is 0. The summed E-state index contributed by atoms with van der Waals surface area (Å²) in [5.74, 6) is -0.667. The summed E-state index contributed by atoms with van der Waals surface area (Å²) in [6, 6.07) is 6.72. The van der Waals surface area contributed by atoms with Gasteiger partial charge in [-0.3, -0.25) is 0 Å². The van der Waals surface area contributed by atoms with Gasteiger partial charge in [-0.2, -0.15) is 0 Å². The van der Waals surface area contributed by atoms with E-state index in [0.29, 0.717) is 19.8 Å². The molecule has 1 atom stereocenters. The Balaban J connectivity index is 2.55. The van der Waals surface area contributed by atoms with E-state index in [2.05, 4.69) is 13.8 Å². The molecular weight excluding hydrogens is 380 g/mol. The molecule has 170 valence electrons. The number of carbonyl (C=O) groups excluding carboxylic acids is 2. The predicted octanol–water partition coefficient (Wildman–Crippen LogP) is 6.20. The number of unbranched alkanes of at least 4 members (excludes halogenated alkanes) is 6. The topological polar surface area (TPSA) is 61.8 Å². The van der Waals surface area contributed by atoms with E-state index in [1.54, 1.807) is 31.4 Å². The molecule has 0 aliphatic heterocycles. The van der Waals surface area contributed by atoms with Gasteiger partial charge < -0.3 is 14.2 Å². The fourth-order valence-electron chi connectivity index (χ4n) is 3.32. The van der Waals surface area contributed by atoms with E-state index >= 15 is 0 Å². The highest BCUT2D eigenvalue weighted by Gasteiger charge is 2.20. The summed E-state index contributed by atoms with van der Waals surface area (Å²) in [5.41, 5.74) is 0.543. The Morgan fingerprint density at radius 3 is 2.00 bits per heavy atom. The van der Waals surface area contributed by atoms with Crippen molar-refractivity contribution in [2.75, 3.05) is 26.9 Å². The van der Waals surface area contributed by atoms with E-state index < -0.39 is 11.9 Å². The second-order valence-electron chi connectivity index (χ2n) is 7.84. The summed E-state index contributed by atoms with van der Waals surface area (Å²) < 4.78 is 16.1. The van der Waals surface area contributed by atoms with Crippen LogP contribution in [0.15, 0.2) is 24.3 Å². The van der Waals surface area contributed by atoms with Gasteiger partial charge >= 0.3 is 11.9 Å². The Labute approximate surface area is 182 Å². The third kappa shape index (κ3) is 10.8. The van der Waals surface area contributed by atoms with Crippen LogP contribution in [0, 0.1) is 5.92 Å². The van der Waals surface area contributed by atoms with Crippen LogP contribution in [0.4, 0.5) is 0 Å². The standard InChI is InChI=1S/C25H40O5/c1-4-6-8-9-10-13-18-29-24(26)22-15-11-12-16-23(22)25(27)30-20-21(14-7-5-2)17-19-28-3/h11-12,15-16,21H,4-10,13-14,17-20H2,1-3H3. The van der Waals surface area contributed by atoms with Crippen LogP contribution in [0.25, 0.3) is 0 Å². The highest BCUT2D eigenvalue weighted by atomic mass is 16.5. The van der Waals surface area contributed by atoms with Gasteiger partial charge in [0.15, 0.2) is 0 Å². The minimum atomic E-state index is -0.471. The second-order valence-corrected chi connectivity index (χ2v) is 7.84. The third-order valence-corrected chi connectivity index (χ3v) is 5.24. The van der Waals surface area contributed by atoms with E-state index in [1.165, 1.54) is 19.3 Å². The SMILES string of the molecule is CCCCCCCCOC(=O)c1ccccc1C(=O)OCC(CCCC)CCOC. The minimum Gasteiger partial charge on any atom is -0.462 e. The third-order valence-electron chi connectivity index (χ3n) is 5.24. The molecule has 0 fully saturated rings. The van der Waals surface area contributed by atoms with Crippen LogP contribution in [0.2, 0.25) is 0 Å². The van der Waals surface area contributed by atoms with Crippen molar-refractivity contribution in [2.45, 2.75) is 78.1 Å². The van der Waals surface area contributed by atoms with Gasteiger partial charge in [0.2, 0.25) is 0 Å². The number of esters is 2. The number of rotatable bonds is 17. The lowest BCUT2D eigenvalue weighted by molar-refractivity contribution is 0.0381. The number of carbonyl (C=O) groups is 2. The molecule has 1 unspecified atom stereocenters. The number of hydrogen-bond acceptors (Lipinski definition) is 5. The Kier molecular flexibility index (Phi) is 14.7. The summed E-state index contributed by atoms with van der Waals surface area (Å²) in [4.78, 5) is 25.1. The summed E-state index contributed by atoms with van der Waals surface area (Å²) >= 11 is 0. The maximum atomic E-state index is 12.6. The first-order valence-electron chi connectivity index (χ1n) is 11.6. The van der Waals surface area contributed by atoms with Crippen molar-refractivity contribution in [2.24, 2.45) is 5.92 Å². The van der Waals surface area contributed by atoms with Crippen LogP contribution in [0.1, 0.15) is 98.8 Å². The van der Waals surface area contributed by atoms with Crippen molar-refractivity contribution in [3.05, 3.63) is 35.4 Å². The summed E-state index contributed by atoms with van der Waals surface area (Å²) in [7, 11) is 1.68. The van der Waals surface area contributed by atoms with Gasteiger partial charge in [-0.05, 0) is 37.3 Å². The lowest BCUT2D eigenvalue weighted by Crippen LogP contribution is -2.19. The van der Waals surface area contributed by atoms with Crippen LogP contribution in [0.5, 0.6) is 0 Å². The molecule has 0 saturated heterocycles. The first kappa shape index (κ1) is 26.2. The molecule has 0 amide bonds. The van der Waals surface area contributed by atoms with Crippen molar-refractivity contribution in [3.8, 4) is 0 Å². The average molecular weight is 421 g/mol. The van der Waals surface area contributed by atoms with Gasteiger partial charge in [-0.15, -0.1) is 0 Å². The molecule has 0 heterocycles. The molecule has 0 radical (unpaired) electrons. The van der Waals surface area contributed by atoms with Crippen LogP contribution < -0.4 is 0 Å². The molecule has 5 nitrogen and oxygen atoms in total. The van der Waals surface area contributed by atoms with Crippen molar-refractivity contribution in [1.82, 2.24) is 0 Å². The van der Waals surface area contributed by atoms with E-state index in [1.807, 2.05) is 0 Å². The molecule has 1 rings (SSSR count). The van der Waals surface area contributed by atoms with Gasteiger partial charge in [-0.1, -0.05) is 70.9 Å². The Bertz CT molecular complexity index is 591. The lowest BCUT2D eigenvalue weighted by atomic mass is 10.00. The van der Waals surface area contributed by atoms with Gasteiger partial charge in [-0.25, -0.2) is 9.59 Å². The smallest absolute Gasteiger partial charge is 0.339 e. The van der Waals surface area contributed by atoms with Crippen LogP contribution >= 0.6 is 0 Å². The van der Waals surface area contributed by atoms with E-state index in [9.17, 15) is 9.59 Å². The Hall–Kier alpha value is -1.88. The maximum absolute atomic E-state index is 12.6. The fraction of sp³-hybridized carbons (Fsp3) is 0.680. The predicted molar refractivity (Wildman–Crippen MR) is 120 cm³/mol. The average Bonchev–Trinajstić information content (AvgIpc) is 2.77. The van der Waals surface area contributed by atoms with Gasteiger partial charge in [0, 0.05) is 13.7 Å². The first-order chi connectivity index (χ1) is 14.6. The maximum Gasteiger partial charge on any atom is 0.339 e. The molecule has 5 heteroatoms. The number of ether oxygens (including phenoxy) is 3. The van der Waals surface area contributed by atoms with Crippen molar-refractivity contribution in [1.29, 1.82) is 0 Å². The van der Waals surface area contributed by atoms with Crippen molar-refractivity contribution < 1.29 is 23.8 Å². The van der Waals surface area contributed by atoms with Crippen molar-refractivity contribution >= 4 is 11.9 Å². The van der Waals surface area contributed by atoms with Crippen LogP contribution in [0.3, 0.4) is 0 Å². The van der Waals surface area contributed by atoms with Crippen LogP contribution in [-0.2, 0) is 14.2 Å². The molecule has 0 aliphatic carbocycles. The summed E-state index contributed by atoms with van der Waals surface area (Å²) in [5, 5.41) is 0. The highest BCUT2D eigenvalue weighted by Crippen LogP contribution is 2.17. The molecule has 0 N–H and O–H groups in total. The summed E-state index contributed by atoms with van der Waals surface area (Å²) in [6.45, 7) is 5.70. The Morgan fingerprint density at radius 1 is 0.767 bits per heavy atom. The molecule has 0 bridgehead atoms. The van der Waals surface area contributed by atoms with Crippen LogP contribution in [-0.4, -0.2) is 38.9 Å². The molecular formula is C25H40O5. The fourth-order valence-corrected chi connectivity index (χ4v) is 3.32. The highest BCUT2D eigenvalue weighted by molar-refractivity contribution is 6.03. The zero-order valence-electron chi connectivity index (χ0n) is 19.1. The molecule has 0 saturated carbocycles. The Morgan fingerprint density at radius 2 is 1.37 bits per heavy atom. The lowest BCUT2D eigenvalue weighted by Gasteiger charge is -2.17. The van der Waals surface area contributed by atoms with Gasteiger partial charge in [0.05, 0.1) is 24.3 Å². The zero-order valence-corrected chi connectivity index (χ0v) is 19.1. The normalized spacial score (nSPS) is 11.8. The molecule has 0 spiro atoms. The second kappa shape index (κ2) is 16.9. The quantitative estimate of drug-likeness (QED) is 0.222. The molecule has 0 aliphatic rings. The summed E-state index contributed by atoms with van der Waals surface area (Å²) in [6.07, 6.45) is 10.8. The molecule has 30 heavy (non-hydrogen) atoms. The van der Waals surface area contributed by atoms with E-state index in [-0.39, 0.29) is 17.0 Å². The zero-order chi connectivity index (χ0) is 22.0. The first-order valence-corrected chi connectivity index (χ1v) is 11.6. The monoisotopic (exact) mass is 420 g/mol. The molecule has 0 aromatic heterocycles. The number of benzene rings is 1. The largest absolute Gasteiger partial charge is 0.462 e. The molecule has 1 aromatic rings. The molecule has 1 aromatic carbocycles. The van der Waals surface area contributed by atoms with E-state index in [4.69, 9.17) is 14.2 Å². The minimum absolute atomic E-state index is 0.265. The van der Waals surface area contributed by atoms with Crippen molar-refractivity contribution in [3.63, 3.8) is 0 Å². The van der Waals surface area contributed by atoms with E-state index in [0.717, 1.165) is 44.9 Å². The van der Waals surface area contributed by atoms with Gasteiger partial charge in [0.25, 0.3) is 0 Å². The number of methoxy groups -OCH3 is 1. The van der Waals surface area contributed by atoms with Gasteiger partial charge in [0.1, 0.15) is 0 Å².